The quantitative estimate of drug-likeness (QED) is 0.686. The highest BCUT2D eigenvalue weighted by Gasteiger charge is 2.20. The fourth-order valence-electron chi connectivity index (χ4n) is 2.10. The zero-order valence-electron chi connectivity index (χ0n) is 15.0. The summed E-state index contributed by atoms with van der Waals surface area (Å²) in [5.41, 5.74) is -0.134. The number of esters is 1. The van der Waals surface area contributed by atoms with E-state index in [1.807, 2.05) is 0 Å². The molecule has 2 rings (SSSR count). The van der Waals surface area contributed by atoms with E-state index in [4.69, 9.17) is 27.9 Å². The molecule has 1 heterocycles. The molecule has 9 heteroatoms. The summed E-state index contributed by atoms with van der Waals surface area (Å²) in [5.74, 6) is -1.85. The number of hydrogen-bond acceptors (Lipinski definition) is 5. The zero-order valence-corrected chi connectivity index (χ0v) is 16.5. The first kappa shape index (κ1) is 20.9. The number of amides is 1. The van der Waals surface area contributed by atoms with E-state index < -0.39 is 23.5 Å². The Morgan fingerprint density at radius 3 is 2.41 bits per heavy atom. The number of nitrogens with one attached hydrogen (secondary N) is 1. The molecule has 1 aromatic heterocycles. The van der Waals surface area contributed by atoms with Crippen molar-refractivity contribution in [1.82, 2.24) is 4.98 Å². The van der Waals surface area contributed by atoms with Crippen molar-refractivity contribution in [3.63, 3.8) is 0 Å². The molecular weight excluding hydrogens is 398 g/mol. The van der Waals surface area contributed by atoms with Gasteiger partial charge in [0, 0.05) is 5.56 Å². The maximum absolute atomic E-state index is 14.2. The summed E-state index contributed by atoms with van der Waals surface area (Å²) >= 11 is 12.1. The maximum Gasteiger partial charge on any atom is 0.413 e. The van der Waals surface area contributed by atoms with Crippen LogP contribution in [-0.4, -0.2) is 29.8 Å². The average molecular weight is 415 g/mol. The Labute approximate surface area is 165 Å². The van der Waals surface area contributed by atoms with Gasteiger partial charge in [0.2, 0.25) is 0 Å². The minimum absolute atomic E-state index is 0.0135. The molecule has 1 N–H and O–H groups in total. The normalized spacial score (nSPS) is 11.1. The Morgan fingerprint density at radius 1 is 1.15 bits per heavy atom. The van der Waals surface area contributed by atoms with Gasteiger partial charge in [-0.2, -0.15) is 0 Å². The van der Waals surface area contributed by atoms with Crippen molar-refractivity contribution in [2.75, 3.05) is 12.4 Å². The monoisotopic (exact) mass is 414 g/mol. The van der Waals surface area contributed by atoms with Gasteiger partial charge in [0.1, 0.15) is 5.60 Å². The van der Waals surface area contributed by atoms with Crippen LogP contribution in [0.25, 0.3) is 11.3 Å². The molecule has 6 nitrogen and oxygen atoms in total. The predicted octanol–water partition coefficient (Wildman–Crippen LogP) is 5.33. The van der Waals surface area contributed by atoms with Crippen LogP contribution < -0.4 is 5.32 Å². The molecule has 0 saturated carbocycles. The molecule has 0 atom stereocenters. The SMILES string of the molecule is COC(=O)c1cc(-c2nc(NC(=O)OC(C)(C)C)c(F)cc2Cl)ccc1Cl. The minimum Gasteiger partial charge on any atom is -0.465 e. The average Bonchev–Trinajstić information content (AvgIpc) is 2.55. The summed E-state index contributed by atoms with van der Waals surface area (Å²) in [7, 11) is 1.22. The Bertz CT molecular complexity index is 898. The van der Waals surface area contributed by atoms with Crippen LogP contribution in [0.15, 0.2) is 24.3 Å². The summed E-state index contributed by atoms with van der Waals surface area (Å²) < 4.78 is 23.9. The van der Waals surface area contributed by atoms with Gasteiger partial charge in [-0.3, -0.25) is 5.32 Å². The van der Waals surface area contributed by atoms with Gasteiger partial charge in [0.15, 0.2) is 11.6 Å². The number of ether oxygens (including phenoxy) is 2. The molecule has 0 fully saturated rings. The van der Waals surface area contributed by atoms with Crippen LogP contribution in [0.5, 0.6) is 0 Å². The number of aromatic nitrogens is 1. The number of nitrogens with zero attached hydrogens (tertiary/aromatic N) is 1. The van der Waals surface area contributed by atoms with Crippen LogP contribution >= 0.6 is 23.2 Å². The number of carbonyl (C=O) groups is 2. The van der Waals surface area contributed by atoms with Crippen LogP contribution in [0.2, 0.25) is 10.0 Å². The van der Waals surface area contributed by atoms with E-state index in [1.165, 1.54) is 19.2 Å². The second kappa shape index (κ2) is 8.10. The molecule has 0 unspecified atom stereocenters. The Kier molecular flexibility index (Phi) is 6.28. The lowest BCUT2D eigenvalue weighted by Gasteiger charge is -2.19. The zero-order chi connectivity index (χ0) is 20.4. The van der Waals surface area contributed by atoms with Crippen molar-refractivity contribution >= 4 is 41.1 Å². The molecule has 0 saturated heterocycles. The number of carbonyl (C=O) groups excluding carboxylic acids is 2. The van der Waals surface area contributed by atoms with Gasteiger partial charge in [-0.25, -0.2) is 19.0 Å². The summed E-state index contributed by atoms with van der Waals surface area (Å²) in [6.07, 6.45) is -0.867. The van der Waals surface area contributed by atoms with Crippen molar-refractivity contribution in [2.45, 2.75) is 26.4 Å². The molecule has 1 aromatic carbocycles. The van der Waals surface area contributed by atoms with Crippen LogP contribution in [-0.2, 0) is 9.47 Å². The first-order valence-electron chi connectivity index (χ1n) is 7.76. The summed E-state index contributed by atoms with van der Waals surface area (Å²) in [4.78, 5) is 27.8. The number of anilines is 1. The summed E-state index contributed by atoms with van der Waals surface area (Å²) in [6, 6.07) is 5.43. The molecule has 27 heavy (non-hydrogen) atoms. The fourth-order valence-corrected chi connectivity index (χ4v) is 2.54. The van der Waals surface area contributed by atoms with Gasteiger partial charge >= 0.3 is 12.1 Å². The molecular formula is C18H17Cl2FN2O4. The minimum atomic E-state index is -0.867. The molecule has 0 radical (unpaired) electrons. The van der Waals surface area contributed by atoms with Gasteiger partial charge in [0.05, 0.1) is 28.4 Å². The van der Waals surface area contributed by atoms with Gasteiger partial charge in [0.25, 0.3) is 0 Å². The van der Waals surface area contributed by atoms with Gasteiger partial charge in [-0.05, 0) is 39.0 Å². The number of methoxy groups -OCH3 is 1. The predicted molar refractivity (Wildman–Crippen MR) is 101 cm³/mol. The van der Waals surface area contributed by atoms with E-state index in [0.717, 1.165) is 6.07 Å². The maximum atomic E-state index is 14.2. The molecule has 1 amide bonds. The topological polar surface area (TPSA) is 77.5 Å². The smallest absolute Gasteiger partial charge is 0.413 e. The molecule has 144 valence electrons. The van der Waals surface area contributed by atoms with E-state index in [0.29, 0.717) is 5.56 Å². The third-order valence-electron chi connectivity index (χ3n) is 3.19. The Hall–Kier alpha value is -2.38. The molecule has 0 aliphatic carbocycles. The van der Waals surface area contributed by atoms with Crippen molar-refractivity contribution in [2.24, 2.45) is 0 Å². The number of rotatable bonds is 3. The molecule has 0 bridgehead atoms. The Balaban J connectivity index is 2.44. The first-order chi connectivity index (χ1) is 12.5. The number of pyridine rings is 1. The van der Waals surface area contributed by atoms with Gasteiger partial charge < -0.3 is 9.47 Å². The third kappa shape index (κ3) is 5.30. The lowest BCUT2D eigenvalue weighted by atomic mass is 10.1. The lowest BCUT2D eigenvalue weighted by Crippen LogP contribution is -2.27. The standard InChI is InChI=1S/C18H17Cl2FN2O4/c1-18(2,3)27-17(25)23-15-13(21)8-12(20)14(22-15)9-5-6-11(19)10(7-9)16(24)26-4/h5-8H,1-4H3,(H,22,23,25). The van der Waals surface area contributed by atoms with Gasteiger partial charge in [-0.1, -0.05) is 29.3 Å². The summed E-state index contributed by atoms with van der Waals surface area (Å²) in [5, 5.41) is 2.40. The Morgan fingerprint density at radius 2 is 1.81 bits per heavy atom. The van der Waals surface area contributed by atoms with E-state index in [9.17, 15) is 14.0 Å². The van der Waals surface area contributed by atoms with E-state index >= 15 is 0 Å². The molecule has 0 spiro atoms. The van der Waals surface area contributed by atoms with Crippen LogP contribution in [0.4, 0.5) is 15.0 Å². The van der Waals surface area contributed by atoms with Crippen molar-refractivity contribution in [3.05, 3.63) is 45.7 Å². The highest BCUT2D eigenvalue weighted by molar-refractivity contribution is 6.34. The fraction of sp³-hybridized carbons (Fsp3) is 0.278. The second-order valence-corrected chi connectivity index (χ2v) is 7.28. The van der Waals surface area contributed by atoms with Crippen molar-refractivity contribution < 1.29 is 23.5 Å². The largest absolute Gasteiger partial charge is 0.465 e. The van der Waals surface area contributed by atoms with E-state index in [-0.39, 0.29) is 27.1 Å². The van der Waals surface area contributed by atoms with E-state index in [2.05, 4.69) is 15.0 Å². The number of hydrogen-bond donors (Lipinski definition) is 1. The van der Waals surface area contributed by atoms with Crippen LogP contribution in [0.3, 0.4) is 0 Å². The highest BCUT2D eigenvalue weighted by atomic mass is 35.5. The first-order valence-corrected chi connectivity index (χ1v) is 8.51. The van der Waals surface area contributed by atoms with Crippen LogP contribution in [0, 0.1) is 5.82 Å². The molecule has 2 aromatic rings. The van der Waals surface area contributed by atoms with E-state index in [1.54, 1.807) is 26.8 Å². The molecule has 0 aliphatic heterocycles. The summed E-state index contributed by atoms with van der Waals surface area (Å²) in [6.45, 7) is 5.02. The third-order valence-corrected chi connectivity index (χ3v) is 3.81. The van der Waals surface area contributed by atoms with Crippen molar-refractivity contribution in [3.8, 4) is 11.3 Å². The van der Waals surface area contributed by atoms with Crippen LogP contribution in [0.1, 0.15) is 31.1 Å². The number of benzene rings is 1. The lowest BCUT2D eigenvalue weighted by molar-refractivity contribution is 0.0598. The second-order valence-electron chi connectivity index (χ2n) is 6.46. The highest BCUT2D eigenvalue weighted by Crippen LogP contribution is 2.32. The van der Waals surface area contributed by atoms with Crippen molar-refractivity contribution in [1.29, 1.82) is 0 Å². The molecule has 0 aliphatic rings. The van der Waals surface area contributed by atoms with Gasteiger partial charge in [-0.15, -0.1) is 0 Å². The number of halogens is 3.